The zero-order valence-electron chi connectivity index (χ0n) is 9.65. The fraction of sp³-hybridized carbons (Fsp3) is 0.583. The van der Waals surface area contributed by atoms with Gasteiger partial charge in [0.2, 0.25) is 0 Å². The van der Waals surface area contributed by atoms with Crippen LogP contribution < -0.4 is 11.1 Å². The van der Waals surface area contributed by atoms with Crippen molar-refractivity contribution < 1.29 is 0 Å². The highest BCUT2D eigenvalue weighted by atomic mass is 32.2. The minimum absolute atomic E-state index is 0.550. The Hall–Kier alpha value is -0.740. The molecule has 0 amide bonds. The molecule has 2 rings (SSSR count). The zero-order chi connectivity index (χ0) is 11.4. The van der Waals surface area contributed by atoms with Gasteiger partial charge in [0.15, 0.2) is 0 Å². The molecule has 0 aliphatic carbocycles. The quantitative estimate of drug-likeness (QED) is 0.837. The lowest BCUT2D eigenvalue weighted by atomic mass is 10.0. The number of nitrogens with two attached hydrogens (primary N) is 1. The van der Waals surface area contributed by atoms with E-state index >= 15 is 0 Å². The summed E-state index contributed by atoms with van der Waals surface area (Å²) in [5.41, 5.74) is 6.97. The van der Waals surface area contributed by atoms with Crippen LogP contribution in [-0.2, 0) is 6.42 Å². The lowest BCUT2D eigenvalue weighted by molar-refractivity contribution is 0.524. The molecular weight excluding hydrogens is 218 g/mol. The van der Waals surface area contributed by atoms with E-state index in [-0.39, 0.29) is 0 Å². The van der Waals surface area contributed by atoms with Crippen LogP contribution in [-0.4, -0.2) is 29.1 Å². The molecule has 0 aromatic carbocycles. The highest BCUT2D eigenvalue weighted by Gasteiger charge is 2.24. The van der Waals surface area contributed by atoms with Crippen molar-refractivity contribution in [3.05, 3.63) is 23.9 Å². The Bertz CT molecular complexity index is 337. The highest BCUT2D eigenvalue weighted by Crippen LogP contribution is 2.30. The number of nitrogens with zero attached hydrogens (tertiary/aromatic N) is 1. The number of thioether (sulfide) groups is 1. The molecule has 3 N–H and O–H groups in total. The first-order chi connectivity index (χ1) is 7.79. The molecule has 0 spiro atoms. The van der Waals surface area contributed by atoms with Gasteiger partial charge in [0.1, 0.15) is 5.82 Å². The zero-order valence-corrected chi connectivity index (χ0v) is 10.5. The van der Waals surface area contributed by atoms with Crippen molar-refractivity contribution in [1.29, 1.82) is 0 Å². The van der Waals surface area contributed by atoms with E-state index in [1.165, 1.54) is 24.2 Å². The molecule has 1 aliphatic rings. The van der Waals surface area contributed by atoms with E-state index in [0.717, 1.165) is 11.7 Å². The first-order valence-electron chi connectivity index (χ1n) is 5.79. The molecule has 2 unspecified atom stereocenters. The van der Waals surface area contributed by atoms with Crippen molar-refractivity contribution in [2.24, 2.45) is 0 Å². The lowest BCUT2D eigenvalue weighted by Crippen LogP contribution is -2.36. The summed E-state index contributed by atoms with van der Waals surface area (Å²) < 4.78 is 0. The van der Waals surface area contributed by atoms with Crippen LogP contribution in [0, 0.1) is 0 Å². The third-order valence-corrected chi connectivity index (χ3v) is 4.60. The average molecular weight is 237 g/mol. The van der Waals surface area contributed by atoms with Crippen LogP contribution in [0.25, 0.3) is 0 Å². The second-order valence-electron chi connectivity index (χ2n) is 4.24. The molecule has 0 saturated carbocycles. The number of rotatable bonds is 4. The minimum atomic E-state index is 0.550. The van der Waals surface area contributed by atoms with Crippen molar-refractivity contribution in [2.75, 3.05) is 18.5 Å². The molecule has 1 saturated heterocycles. The number of likely N-dealkylation sites (N-methyl/N-ethyl adjacent to an activating group) is 1. The van der Waals surface area contributed by atoms with Gasteiger partial charge in [-0.1, -0.05) is 0 Å². The maximum atomic E-state index is 5.69. The number of hydrogen-bond acceptors (Lipinski definition) is 4. The maximum Gasteiger partial charge on any atom is 0.123 e. The normalized spacial score (nSPS) is 22.2. The molecule has 0 bridgehead atoms. The summed E-state index contributed by atoms with van der Waals surface area (Å²) >= 11 is 2.09. The Morgan fingerprint density at radius 3 is 3.19 bits per heavy atom. The molecule has 0 radical (unpaired) electrons. The van der Waals surface area contributed by atoms with E-state index in [2.05, 4.69) is 28.1 Å². The largest absolute Gasteiger partial charge is 0.384 e. The maximum absolute atomic E-state index is 5.69. The molecule has 1 aliphatic heterocycles. The standard InChI is InChI=1S/C12H19N3S/c1-14-10(11-3-2-6-16-11)7-9-4-5-15-12(13)8-9/h4-5,8,10-11,14H,2-3,6-7H2,1H3,(H2,13,15). The van der Waals surface area contributed by atoms with Crippen molar-refractivity contribution in [1.82, 2.24) is 10.3 Å². The van der Waals surface area contributed by atoms with Gasteiger partial charge in [-0.05, 0) is 49.8 Å². The average Bonchev–Trinajstić information content (AvgIpc) is 2.79. The van der Waals surface area contributed by atoms with Crippen LogP contribution in [0.4, 0.5) is 5.82 Å². The summed E-state index contributed by atoms with van der Waals surface area (Å²) in [4.78, 5) is 4.02. The summed E-state index contributed by atoms with van der Waals surface area (Å²) in [6.45, 7) is 0. The lowest BCUT2D eigenvalue weighted by Gasteiger charge is -2.22. The number of pyridine rings is 1. The van der Waals surface area contributed by atoms with Crippen LogP contribution in [0.1, 0.15) is 18.4 Å². The Labute approximate surface area is 101 Å². The SMILES string of the molecule is CNC(Cc1ccnc(N)c1)C1CCCS1. The van der Waals surface area contributed by atoms with Crippen molar-refractivity contribution >= 4 is 17.6 Å². The fourth-order valence-electron chi connectivity index (χ4n) is 2.21. The molecule has 2 atom stereocenters. The van der Waals surface area contributed by atoms with Gasteiger partial charge in [0, 0.05) is 17.5 Å². The van der Waals surface area contributed by atoms with Gasteiger partial charge in [-0.15, -0.1) is 0 Å². The first kappa shape index (κ1) is 11.7. The van der Waals surface area contributed by atoms with Crippen molar-refractivity contribution in [3.8, 4) is 0 Å². The van der Waals surface area contributed by atoms with Crippen LogP contribution in [0.15, 0.2) is 18.3 Å². The summed E-state index contributed by atoms with van der Waals surface area (Å²) in [5, 5.41) is 4.18. The summed E-state index contributed by atoms with van der Waals surface area (Å²) in [6, 6.07) is 4.58. The monoisotopic (exact) mass is 237 g/mol. The predicted octanol–water partition coefficient (Wildman–Crippen LogP) is 1.69. The number of hydrogen-bond donors (Lipinski definition) is 2. The molecule has 88 valence electrons. The minimum Gasteiger partial charge on any atom is -0.384 e. The van der Waals surface area contributed by atoms with Crippen LogP contribution in [0.5, 0.6) is 0 Å². The Morgan fingerprint density at radius 1 is 1.69 bits per heavy atom. The van der Waals surface area contributed by atoms with Crippen LogP contribution in [0.2, 0.25) is 0 Å². The van der Waals surface area contributed by atoms with Gasteiger partial charge in [0.05, 0.1) is 0 Å². The van der Waals surface area contributed by atoms with Gasteiger partial charge < -0.3 is 11.1 Å². The van der Waals surface area contributed by atoms with E-state index in [4.69, 9.17) is 5.73 Å². The van der Waals surface area contributed by atoms with Crippen molar-refractivity contribution in [3.63, 3.8) is 0 Å². The van der Waals surface area contributed by atoms with Crippen LogP contribution >= 0.6 is 11.8 Å². The van der Waals surface area contributed by atoms with Gasteiger partial charge in [-0.3, -0.25) is 0 Å². The molecule has 1 fully saturated rings. The smallest absolute Gasteiger partial charge is 0.123 e. The van der Waals surface area contributed by atoms with Crippen molar-refractivity contribution in [2.45, 2.75) is 30.6 Å². The number of anilines is 1. The molecule has 3 nitrogen and oxygen atoms in total. The number of nitrogens with one attached hydrogen (secondary N) is 1. The highest BCUT2D eigenvalue weighted by molar-refractivity contribution is 8.00. The second kappa shape index (κ2) is 5.55. The number of nitrogen functional groups attached to an aromatic ring is 1. The molecule has 2 heterocycles. The van der Waals surface area contributed by atoms with Crippen LogP contribution in [0.3, 0.4) is 0 Å². The van der Waals surface area contributed by atoms with Gasteiger partial charge in [0.25, 0.3) is 0 Å². The third-order valence-electron chi connectivity index (χ3n) is 3.09. The van der Waals surface area contributed by atoms with E-state index < -0.39 is 0 Å². The van der Waals surface area contributed by atoms with E-state index in [9.17, 15) is 0 Å². The van der Waals surface area contributed by atoms with E-state index in [0.29, 0.717) is 11.9 Å². The Balaban J connectivity index is 2.00. The molecule has 4 heteroatoms. The van der Waals surface area contributed by atoms with E-state index in [1.54, 1.807) is 6.20 Å². The summed E-state index contributed by atoms with van der Waals surface area (Å²) in [7, 11) is 2.05. The predicted molar refractivity (Wildman–Crippen MR) is 70.7 cm³/mol. The summed E-state index contributed by atoms with van der Waals surface area (Å²) in [5.74, 6) is 1.92. The fourth-order valence-corrected chi connectivity index (χ4v) is 3.65. The molecule has 1 aromatic rings. The molecule has 16 heavy (non-hydrogen) atoms. The topological polar surface area (TPSA) is 50.9 Å². The first-order valence-corrected chi connectivity index (χ1v) is 6.84. The second-order valence-corrected chi connectivity index (χ2v) is 5.59. The summed E-state index contributed by atoms with van der Waals surface area (Å²) in [6.07, 6.45) is 5.52. The van der Waals surface area contributed by atoms with E-state index in [1.807, 2.05) is 13.1 Å². The van der Waals surface area contributed by atoms with Gasteiger partial charge in [-0.2, -0.15) is 11.8 Å². The van der Waals surface area contributed by atoms with Gasteiger partial charge in [-0.25, -0.2) is 4.98 Å². The number of aromatic nitrogens is 1. The Morgan fingerprint density at radius 2 is 2.56 bits per heavy atom. The third kappa shape index (κ3) is 2.89. The Kier molecular flexibility index (Phi) is 4.07. The molecular formula is C12H19N3S. The van der Waals surface area contributed by atoms with Gasteiger partial charge >= 0.3 is 0 Å². The molecule has 1 aromatic heterocycles.